The Morgan fingerprint density at radius 1 is 0.909 bits per heavy atom. The van der Waals surface area contributed by atoms with Crippen LogP contribution in [-0.4, -0.2) is 47.4 Å². The molecule has 0 unspecified atom stereocenters. The molecule has 0 radical (unpaired) electrons. The van der Waals surface area contributed by atoms with Gasteiger partial charge in [-0.2, -0.15) is 0 Å². The molecule has 33 heavy (non-hydrogen) atoms. The molecule has 2 aliphatic heterocycles. The first-order chi connectivity index (χ1) is 16.0. The van der Waals surface area contributed by atoms with Crippen LogP contribution in [0.5, 0.6) is 0 Å². The highest BCUT2D eigenvalue weighted by Crippen LogP contribution is 2.34. The summed E-state index contributed by atoms with van der Waals surface area (Å²) < 4.78 is 1.15. The first-order valence-corrected chi connectivity index (χ1v) is 13.1. The lowest BCUT2D eigenvalue weighted by atomic mass is 9.83. The molecule has 3 aromatic carbocycles. The van der Waals surface area contributed by atoms with Crippen molar-refractivity contribution < 1.29 is 4.79 Å². The zero-order valence-corrected chi connectivity index (χ0v) is 21.1. The lowest BCUT2D eigenvalue weighted by Gasteiger charge is -2.49. The van der Waals surface area contributed by atoms with E-state index in [1.807, 2.05) is 24.3 Å². The largest absolute Gasteiger partial charge is 0.338 e. The Kier molecular flexibility index (Phi) is 6.58. The Bertz CT molecular complexity index is 1100. The van der Waals surface area contributed by atoms with Crippen molar-refractivity contribution in [2.45, 2.75) is 44.6 Å². The van der Waals surface area contributed by atoms with E-state index < -0.39 is 0 Å². The molecule has 4 heteroatoms. The summed E-state index contributed by atoms with van der Waals surface area (Å²) in [5, 5.41) is 2.20. The Morgan fingerprint density at radius 2 is 1.58 bits per heavy atom. The van der Waals surface area contributed by atoms with Crippen LogP contribution >= 0.6 is 15.9 Å². The molecule has 2 fully saturated rings. The fourth-order valence-electron chi connectivity index (χ4n) is 5.72. The standard InChI is InChI=1S/C29H33BrN2O/c1-29(32-17-13-23(14-18-32)21-22-9-11-25(30)12-10-22)15-19-31(20-16-29)28(33)27-8-4-6-24-5-2-3-7-26(24)27/h2-12,23H,13-21H2,1H3. The molecule has 2 aliphatic rings. The van der Waals surface area contributed by atoms with E-state index in [9.17, 15) is 4.79 Å². The van der Waals surface area contributed by atoms with E-state index in [4.69, 9.17) is 0 Å². The van der Waals surface area contributed by atoms with Gasteiger partial charge < -0.3 is 4.90 Å². The number of amides is 1. The third kappa shape index (κ3) is 4.88. The number of carbonyl (C=O) groups is 1. The second-order valence-electron chi connectivity index (χ2n) is 10.1. The molecule has 0 N–H and O–H groups in total. The first-order valence-electron chi connectivity index (χ1n) is 12.3. The maximum Gasteiger partial charge on any atom is 0.254 e. The summed E-state index contributed by atoms with van der Waals surface area (Å²) in [7, 11) is 0. The highest BCUT2D eigenvalue weighted by molar-refractivity contribution is 9.10. The van der Waals surface area contributed by atoms with Gasteiger partial charge in [-0.3, -0.25) is 9.69 Å². The SMILES string of the molecule is CC1(N2CCC(Cc3ccc(Br)cc3)CC2)CCN(C(=O)c2cccc3ccccc23)CC1. The van der Waals surface area contributed by atoms with E-state index in [-0.39, 0.29) is 11.4 Å². The van der Waals surface area contributed by atoms with Gasteiger partial charge in [0.2, 0.25) is 0 Å². The van der Waals surface area contributed by atoms with Crippen LogP contribution in [-0.2, 0) is 6.42 Å². The topological polar surface area (TPSA) is 23.6 Å². The minimum absolute atomic E-state index is 0.182. The molecule has 1 amide bonds. The molecule has 2 heterocycles. The second kappa shape index (κ2) is 9.60. The summed E-state index contributed by atoms with van der Waals surface area (Å²) in [6.07, 6.45) is 5.83. The van der Waals surface area contributed by atoms with Gasteiger partial charge in [-0.1, -0.05) is 64.5 Å². The Morgan fingerprint density at radius 3 is 2.30 bits per heavy atom. The lowest BCUT2D eigenvalue weighted by Crippen LogP contribution is -2.56. The number of benzene rings is 3. The van der Waals surface area contributed by atoms with E-state index in [1.54, 1.807) is 0 Å². The fourth-order valence-corrected chi connectivity index (χ4v) is 5.99. The maximum absolute atomic E-state index is 13.3. The number of halogens is 1. The van der Waals surface area contributed by atoms with Gasteiger partial charge in [-0.05, 0) is 92.6 Å². The van der Waals surface area contributed by atoms with Crippen LogP contribution in [0.4, 0.5) is 0 Å². The van der Waals surface area contributed by atoms with Crippen molar-refractivity contribution in [3.63, 3.8) is 0 Å². The smallest absolute Gasteiger partial charge is 0.254 e. The van der Waals surface area contributed by atoms with Crippen LogP contribution in [0.2, 0.25) is 0 Å². The summed E-state index contributed by atoms with van der Waals surface area (Å²) in [5.74, 6) is 0.959. The van der Waals surface area contributed by atoms with Crippen molar-refractivity contribution in [2.24, 2.45) is 5.92 Å². The van der Waals surface area contributed by atoms with Gasteiger partial charge in [0.05, 0.1) is 0 Å². The molecule has 3 nitrogen and oxygen atoms in total. The van der Waals surface area contributed by atoms with Gasteiger partial charge >= 0.3 is 0 Å². The van der Waals surface area contributed by atoms with Crippen molar-refractivity contribution in [3.8, 4) is 0 Å². The quantitative estimate of drug-likeness (QED) is 0.402. The van der Waals surface area contributed by atoms with Crippen LogP contribution in [0.25, 0.3) is 10.8 Å². The van der Waals surface area contributed by atoms with Crippen molar-refractivity contribution in [1.29, 1.82) is 0 Å². The van der Waals surface area contributed by atoms with Gasteiger partial charge in [0.1, 0.15) is 0 Å². The van der Waals surface area contributed by atoms with E-state index in [0.29, 0.717) is 0 Å². The molecule has 0 aromatic heterocycles. The lowest BCUT2D eigenvalue weighted by molar-refractivity contribution is 0.0117. The Labute approximate surface area is 205 Å². The number of fused-ring (bicyclic) bond motifs is 1. The summed E-state index contributed by atoms with van der Waals surface area (Å²) in [6.45, 7) is 6.46. The third-order valence-corrected chi connectivity index (χ3v) is 8.49. The molecule has 0 atom stereocenters. The monoisotopic (exact) mass is 504 g/mol. The van der Waals surface area contributed by atoms with E-state index in [2.05, 4.69) is 75.1 Å². The number of nitrogens with zero attached hydrogens (tertiary/aromatic N) is 2. The van der Waals surface area contributed by atoms with Crippen molar-refractivity contribution in [1.82, 2.24) is 9.80 Å². The summed E-state index contributed by atoms with van der Waals surface area (Å²) >= 11 is 3.53. The first kappa shape index (κ1) is 22.6. The number of carbonyl (C=O) groups excluding carboxylic acids is 1. The number of hydrogen-bond donors (Lipinski definition) is 0. The number of hydrogen-bond acceptors (Lipinski definition) is 2. The normalized spacial score (nSPS) is 19.6. The molecule has 2 saturated heterocycles. The molecule has 3 aromatic rings. The summed E-state index contributed by atoms with van der Waals surface area (Å²) in [5.41, 5.74) is 2.49. The average Bonchev–Trinajstić information content (AvgIpc) is 2.85. The van der Waals surface area contributed by atoms with Gasteiger partial charge in [0, 0.05) is 28.7 Å². The number of rotatable bonds is 4. The van der Waals surface area contributed by atoms with Crippen LogP contribution in [0.3, 0.4) is 0 Å². The summed E-state index contributed by atoms with van der Waals surface area (Å²) in [6, 6.07) is 23.1. The second-order valence-corrected chi connectivity index (χ2v) is 11.0. The zero-order valence-electron chi connectivity index (χ0n) is 19.5. The average molecular weight is 506 g/mol. The number of likely N-dealkylation sites (tertiary alicyclic amines) is 2. The number of piperidine rings is 2. The van der Waals surface area contributed by atoms with E-state index in [1.165, 1.54) is 37.9 Å². The van der Waals surface area contributed by atoms with Gasteiger partial charge in [-0.15, -0.1) is 0 Å². The highest BCUT2D eigenvalue weighted by atomic mass is 79.9. The molecule has 0 saturated carbocycles. The molecule has 0 bridgehead atoms. The predicted octanol–water partition coefficient (Wildman–Crippen LogP) is 6.55. The van der Waals surface area contributed by atoms with Crippen LogP contribution in [0.15, 0.2) is 71.2 Å². The maximum atomic E-state index is 13.3. The zero-order chi connectivity index (χ0) is 22.8. The fraction of sp³-hybridized carbons (Fsp3) is 0.414. The van der Waals surface area contributed by atoms with Crippen LogP contribution in [0, 0.1) is 5.92 Å². The van der Waals surface area contributed by atoms with Gasteiger partial charge in [0.25, 0.3) is 5.91 Å². The van der Waals surface area contributed by atoms with Gasteiger partial charge in [0.15, 0.2) is 0 Å². The Hall–Kier alpha value is -2.17. The van der Waals surface area contributed by atoms with Crippen molar-refractivity contribution >= 4 is 32.6 Å². The minimum Gasteiger partial charge on any atom is -0.338 e. The van der Waals surface area contributed by atoms with Gasteiger partial charge in [-0.25, -0.2) is 0 Å². The molecular weight excluding hydrogens is 472 g/mol. The third-order valence-electron chi connectivity index (χ3n) is 7.96. The summed E-state index contributed by atoms with van der Waals surface area (Å²) in [4.78, 5) is 18.1. The van der Waals surface area contributed by atoms with Crippen LogP contribution < -0.4 is 0 Å². The molecular formula is C29H33BrN2O. The Balaban J connectivity index is 1.17. The highest BCUT2D eigenvalue weighted by Gasteiger charge is 2.38. The van der Waals surface area contributed by atoms with E-state index >= 15 is 0 Å². The van der Waals surface area contributed by atoms with Crippen molar-refractivity contribution in [2.75, 3.05) is 26.2 Å². The molecule has 0 spiro atoms. The molecule has 5 rings (SSSR count). The van der Waals surface area contributed by atoms with Crippen molar-refractivity contribution in [3.05, 3.63) is 82.3 Å². The van der Waals surface area contributed by atoms with Crippen LogP contribution in [0.1, 0.15) is 48.5 Å². The molecule has 0 aliphatic carbocycles. The minimum atomic E-state index is 0.182. The predicted molar refractivity (Wildman–Crippen MR) is 140 cm³/mol. The molecule has 172 valence electrons. The van der Waals surface area contributed by atoms with E-state index in [0.717, 1.165) is 52.7 Å².